The van der Waals surface area contributed by atoms with E-state index in [1.807, 2.05) is 13.8 Å². The van der Waals surface area contributed by atoms with Crippen molar-refractivity contribution in [2.24, 2.45) is 0 Å². The Kier molecular flexibility index (Phi) is 10.4. The van der Waals surface area contributed by atoms with Crippen LogP contribution < -0.4 is 15.4 Å². The average molecular weight is 479 g/mol. The zero-order valence-corrected chi connectivity index (χ0v) is 21.1. The highest BCUT2D eigenvalue weighted by molar-refractivity contribution is 5.89. The summed E-state index contributed by atoms with van der Waals surface area (Å²) in [6, 6.07) is 6.84. The quantitative estimate of drug-likeness (QED) is 0.357. The van der Waals surface area contributed by atoms with Crippen LogP contribution in [0.25, 0.3) is 0 Å². The molecule has 0 aliphatic carbocycles. The molecule has 2 aliphatic heterocycles. The van der Waals surface area contributed by atoms with Gasteiger partial charge in [0.05, 0.1) is 7.11 Å². The van der Waals surface area contributed by atoms with E-state index in [1.54, 1.807) is 31.4 Å². The fraction of sp³-hybridized carbons (Fsp3) is 0.731. The van der Waals surface area contributed by atoms with Gasteiger partial charge in [0, 0.05) is 18.8 Å². The van der Waals surface area contributed by atoms with Gasteiger partial charge < -0.3 is 34.3 Å². The number of urea groups is 1. The third kappa shape index (κ3) is 8.12. The molecular formula is C26H42N2O6. The summed E-state index contributed by atoms with van der Waals surface area (Å²) in [7, 11) is 1.60. The first-order valence-corrected chi connectivity index (χ1v) is 12.7. The number of carbonyl (C=O) groups is 1. The van der Waals surface area contributed by atoms with E-state index < -0.39 is 12.1 Å². The molecule has 1 aromatic rings. The summed E-state index contributed by atoms with van der Waals surface area (Å²) in [5.41, 5.74) is 0.677. The average Bonchev–Trinajstić information content (AvgIpc) is 3.30. The van der Waals surface area contributed by atoms with Gasteiger partial charge in [-0.2, -0.15) is 0 Å². The van der Waals surface area contributed by atoms with Crippen LogP contribution in [0.15, 0.2) is 24.3 Å². The van der Waals surface area contributed by atoms with Crippen molar-refractivity contribution in [3.8, 4) is 5.75 Å². The van der Waals surface area contributed by atoms with Crippen molar-refractivity contribution in [3.05, 3.63) is 24.3 Å². The minimum Gasteiger partial charge on any atom is -0.497 e. The van der Waals surface area contributed by atoms with Gasteiger partial charge >= 0.3 is 6.03 Å². The summed E-state index contributed by atoms with van der Waals surface area (Å²) >= 11 is 0. The van der Waals surface area contributed by atoms with E-state index in [-0.39, 0.29) is 24.3 Å². The van der Waals surface area contributed by atoms with Crippen molar-refractivity contribution in [1.29, 1.82) is 0 Å². The Hall–Kier alpha value is -1.87. The monoisotopic (exact) mass is 478 g/mol. The number of ether oxygens (including phenoxy) is 5. The molecule has 0 radical (unpaired) electrons. The zero-order valence-electron chi connectivity index (χ0n) is 21.1. The predicted octanol–water partition coefficient (Wildman–Crippen LogP) is 5.22. The number of hydrogen-bond donors (Lipinski definition) is 2. The second-order valence-electron chi connectivity index (χ2n) is 9.52. The van der Waals surface area contributed by atoms with Gasteiger partial charge in [0.1, 0.15) is 24.1 Å². The standard InChI is InChI=1S/C26H42N2O6/c1-5-6-7-8-9-10-11-12-17-31-24-23-22(33-26(2,3)34-23)21(32-24)18-27-25(29)28-19-13-15-20(30-4)16-14-19/h13-16,21-24H,5-12,17-18H2,1-4H3,(H2,27,28,29)/t21-,22-,23-,24-/m0/s1. The van der Waals surface area contributed by atoms with Crippen molar-refractivity contribution in [2.75, 3.05) is 25.6 Å². The third-order valence-electron chi connectivity index (χ3n) is 6.20. The summed E-state index contributed by atoms with van der Waals surface area (Å²) in [6.45, 7) is 6.94. The molecule has 0 spiro atoms. The van der Waals surface area contributed by atoms with E-state index in [0.717, 1.165) is 18.6 Å². The molecule has 0 aromatic heterocycles. The van der Waals surface area contributed by atoms with Gasteiger partial charge in [-0.3, -0.25) is 0 Å². The van der Waals surface area contributed by atoms with Gasteiger partial charge in [0.2, 0.25) is 0 Å². The number of amides is 2. The second kappa shape index (κ2) is 13.3. The molecule has 34 heavy (non-hydrogen) atoms. The van der Waals surface area contributed by atoms with Crippen LogP contribution in [0.2, 0.25) is 0 Å². The van der Waals surface area contributed by atoms with E-state index in [4.69, 9.17) is 23.7 Å². The highest BCUT2D eigenvalue weighted by atomic mass is 16.8. The maximum atomic E-state index is 12.4. The topological polar surface area (TPSA) is 87.3 Å². The van der Waals surface area contributed by atoms with E-state index >= 15 is 0 Å². The van der Waals surface area contributed by atoms with E-state index in [9.17, 15) is 4.79 Å². The number of nitrogens with one attached hydrogen (secondary N) is 2. The maximum Gasteiger partial charge on any atom is 0.319 e. The summed E-state index contributed by atoms with van der Waals surface area (Å²) < 4.78 is 29.4. The van der Waals surface area contributed by atoms with E-state index in [1.165, 1.54) is 38.5 Å². The Morgan fingerprint density at radius 3 is 2.29 bits per heavy atom. The van der Waals surface area contributed by atoms with Gasteiger partial charge in [-0.15, -0.1) is 0 Å². The lowest BCUT2D eigenvalue weighted by molar-refractivity contribution is -0.232. The first-order valence-electron chi connectivity index (χ1n) is 12.7. The second-order valence-corrected chi connectivity index (χ2v) is 9.52. The lowest BCUT2D eigenvalue weighted by Gasteiger charge is -2.24. The van der Waals surface area contributed by atoms with E-state index in [0.29, 0.717) is 18.8 Å². The number of unbranched alkanes of at least 4 members (excludes halogenated alkanes) is 7. The molecule has 8 heteroatoms. The van der Waals surface area contributed by atoms with E-state index in [2.05, 4.69) is 17.6 Å². The Labute approximate surface area is 204 Å². The predicted molar refractivity (Wildman–Crippen MR) is 131 cm³/mol. The summed E-state index contributed by atoms with van der Waals surface area (Å²) in [6.07, 6.45) is 8.54. The Morgan fingerprint density at radius 2 is 1.62 bits per heavy atom. The fourth-order valence-electron chi connectivity index (χ4n) is 4.42. The molecule has 0 bridgehead atoms. The molecule has 2 N–H and O–H groups in total. The smallest absolute Gasteiger partial charge is 0.319 e. The van der Waals surface area contributed by atoms with Crippen LogP contribution in [0.5, 0.6) is 5.75 Å². The molecule has 8 nitrogen and oxygen atoms in total. The molecular weight excluding hydrogens is 436 g/mol. The molecule has 4 atom stereocenters. The Balaban J connectivity index is 1.40. The van der Waals surface area contributed by atoms with Crippen LogP contribution in [0.4, 0.5) is 10.5 Å². The minimum atomic E-state index is -0.706. The van der Waals surface area contributed by atoms with Crippen molar-refractivity contribution < 1.29 is 28.5 Å². The van der Waals surface area contributed by atoms with Crippen molar-refractivity contribution >= 4 is 11.7 Å². The molecule has 2 aliphatic rings. The van der Waals surface area contributed by atoms with Crippen molar-refractivity contribution in [1.82, 2.24) is 5.32 Å². The number of benzene rings is 1. The summed E-state index contributed by atoms with van der Waals surface area (Å²) in [5.74, 6) is 0.0263. The normalized spacial score (nSPS) is 25.2. The molecule has 2 heterocycles. The van der Waals surface area contributed by atoms with Crippen LogP contribution in [-0.4, -0.2) is 56.7 Å². The van der Waals surface area contributed by atoms with Crippen LogP contribution in [0.3, 0.4) is 0 Å². The third-order valence-corrected chi connectivity index (χ3v) is 6.20. The molecule has 0 saturated carbocycles. The number of carbonyl (C=O) groups excluding carboxylic acids is 1. The van der Waals surface area contributed by atoms with Crippen molar-refractivity contribution in [3.63, 3.8) is 0 Å². The molecule has 2 saturated heterocycles. The minimum absolute atomic E-state index is 0.292. The van der Waals surface area contributed by atoms with Gasteiger partial charge in [-0.05, 0) is 44.5 Å². The van der Waals surface area contributed by atoms with Crippen LogP contribution in [0.1, 0.15) is 72.1 Å². The number of fused-ring (bicyclic) bond motifs is 1. The number of rotatable bonds is 14. The molecule has 2 fully saturated rings. The molecule has 192 valence electrons. The SMILES string of the molecule is CCCCCCCCCCO[C@H]1O[C@@H](CNC(=O)Nc2ccc(OC)cc2)[C@@H]2OC(C)(C)O[C@H]12. The lowest BCUT2D eigenvalue weighted by Crippen LogP contribution is -2.41. The summed E-state index contributed by atoms with van der Waals surface area (Å²) in [4.78, 5) is 12.4. The van der Waals surface area contributed by atoms with Crippen LogP contribution in [0, 0.1) is 0 Å². The first-order chi connectivity index (χ1) is 16.4. The highest BCUT2D eigenvalue weighted by Crippen LogP contribution is 2.39. The van der Waals surface area contributed by atoms with Gasteiger partial charge in [-0.1, -0.05) is 51.9 Å². The Bertz CT molecular complexity index is 741. The van der Waals surface area contributed by atoms with Crippen LogP contribution in [-0.2, 0) is 18.9 Å². The van der Waals surface area contributed by atoms with Gasteiger partial charge in [0.15, 0.2) is 12.1 Å². The highest BCUT2D eigenvalue weighted by Gasteiger charge is 2.55. The number of methoxy groups -OCH3 is 1. The lowest BCUT2D eigenvalue weighted by atomic mass is 10.1. The van der Waals surface area contributed by atoms with Gasteiger partial charge in [0.25, 0.3) is 0 Å². The van der Waals surface area contributed by atoms with Gasteiger partial charge in [-0.25, -0.2) is 4.79 Å². The molecule has 3 rings (SSSR count). The Morgan fingerprint density at radius 1 is 0.971 bits per heavy atom. The molecule has 0 unspecified atom stereocenters. The van der Waals surface area contributed by atoms with Crippen LogP contribution >= 0.6 is 0 Å². The first kappa shape index (κ1) is 26.7. The number of hydrogen-bond acceptors (Lipinski definition) is 6. The molecule has 2 amide bonds. The largest absolute Gasteiger partial charge is 0.497 e. The van der Waals surface area contributed by atoms with Crippen molar-refractivity contribution in [2.45, 2.75) is 103 Å². The zero-order chi connectivity index (χ0) is 24.4. The number of anilines is 1. The fourth-order valence-corrected chi connectivity index (χ4v) is 4.42. The summed E-state index contributed by atoms with van der Waals surface area (Å²) in [5, 5.41) is 5.68. The maximum absolute atomic E-state index is 12.4. The molecule has 1 aromatic carbocycles.